The van der Waals surface area contributed by atoms with Gasteiger partial charge in [0.2, 0.25) is 5.78 Å². The molecule has 1 saturated heterocycles. The number of aliphatic hydroxyl groups excluding tert-OH is 3. The van der Waals surface area contributed by atoms with Gasteiger partial charge in [-0.1, -0.05) is 36.4 Å². The third-order valence-corrected chi connectivity index (χ3v) is 9.66. The van der Waals surface area contributed by atoms with Gasteiger partial charge in [-0.25, -0.2) is 0 Å². The smallest absolute Gasteiger partial charge is 0.255 e. The Kier molecular flexibility index (Phi) is 7.72. The molecule has 12 heteroatoms. The van der Waals surface area contributed by atoms with Crippen molar-refractivity contribution < 1.29 is 39.9 Å². The number of aromatic hydroxyl groups is 1. The number of amides is 1. The molecule has 3 aliphatic carbocycles. The Morgan fingerprint density at radius 1 is 1.07 bits per heavy atom. The summed E-state index contributed by atoms with van der Waals surface area (Å²) < 4.78 is 0. The predicted octanol–water partition coefficient (Wildman–Crippen LogP) is 1.02. The van der Waals surface area contributed by atoms with Crippen LogP contribution in [0.25, 0.3) is 5.76 Å². The summed E-state index contributed by atoms with van der Waals surface area (Å²) in [5.74, 6) is -8.57. The van der Waals surface area contributed by atoms with E-state index in [0.717, 1.165) is 32.5 Å². The highest BCUT2D eigenvalue weighted by Crippen LogP contribution is 2.54. The van der Waals surface area contributed by atoms with E-state index in [0.29, 0.717) is 11.3 Å². The summed E-state index contributed by atoms with van der Waals surface area (Å²) >= 11 is 0. The highest BCUT2D eigenvalue weighted by Gasteiger charge is 2.67. The first-order chi connectivity index (χ1) is 21.4. The Bertz CT molecular complexity index is 1630. The number of aliphatic hydroxyl groups is 4. The number of primary amides is 1. The van der Waals surface area contributed by atoms with Crippen molar-refractivity contribution >= 4 is 28.9 Å². The minimum Gasteiger partial charge on any atom is -0.508 e. The first-order valence-corrected chi connectivity index (χ1v) is 14.9. The lowest BCUT2D eigenvalue weighted by Gasteiger charge is -2.52. The number of nitrogens with zero attached hydrogens (tertiary/aromatic N) is 2. The topological polar surface area (TPSA) is 197 Å². The van der Waals surface area contributed by atoms with Gasteiger partial charge in [-0.3, -0.25) is 24.2 Å². The monoisotopic (exact) mass is 617 g/mol. The van der Waals surface area contributed by atoms with Crippen LogP contribution in [-0.4, -0.2) is 104 Å². The van der Waals surface area contributed by atoms with Gasteiger partial charge in [0, 0.05) is 43.6 Å². The second kappa shape index (κ2) is 11.3. The molecule has 5 atom stereocenters. The van der Waals surface area contributed by atoms with E-state index in [-0.39, 0.29) is 17.4 Å². The second-order valence-electron chi connectivity index (χ2n) is 12.5. The van der Waals surface area contributed by atoms with Gasteiger partial charge in [0.05, 0.1) is 29.3 Å². The number of benzene rings is 2. The van der Waals surface area contributed by atoms with Crippen LogP contribution in [0.4, 0.5) is 5.69 Å². The van der Waals surface area contributed by atoms with Crippen molar-refractivity contribution in [3.05, 3.63) is 82.5 Å². The van der Waals surface area contributed by atoms with Crippen LogP contribution in [0.3, 0.4) is 0 Å². The number of ketones is 2. The Hall–Kier alpha value is -4.23. The number of phenols is 1. The van der Waals surface area contributed by atoms with Crippen molar-refractivity contribution in [3.8, 4) is 5.75 Å². The number of likely N-dealkylation sites (N-methyl/N-ethyl adjacent to an activating group) is 1. The van der Waals surface area contributed by atoms with E-state index in [1.54, 1.807) is 12.1 Å². The fraction of sp³-hybridized carbons (Fsp3) is 0.394. The summed E-state index contributed by atoms with van der Waals surface area (Å²) in [6.45, 7) is 2.53. The maximum atomic E-state index is 14.0. The van der Waals surface area contributed by atoms with E-state index in [1.807, 2.05) is 18.2 Å². The molecule has 4 aliphatic rings. The maximum absolute atomic E-state index is 14.0. The number of likely N-dealkylation sites (tertiary alicyclic amines) is 1. The van der Waals surface area contributed by atoms with Crippen LogP contribution in [0.1, 0.15) is 29.5 Å². The summed E-state index contributed by atoms with van der Waals surface area (Å²) in [5.41, 5.74) is 2.83. The molecule has 6 rings (SSSR count). The lowest BCUT2D eigenvalue weighted by Crippen LogP contribution is -2.70. The van der Waals surface area contributed by atoms with Crippen LogP contribution >= 0.6 is 0 Å². The van der Waals surface area contributed by atoms with Gasteiger partial charge in [-0.15, -0.1) is 0 Å². The highest BCUT2D eigenvalue weighted by atomic mass is 16.4. The molecule has 8 N–H and O–H groups in total. The van der Waals surface area contributed by atoms with E-state index in [4.69, 9.17) is 5.73 Å². The number of rotatable bonds is 6. The molecule has 2 aromatic carbocycles. The Balaban J connectivity index is 1.31. The van der Waals surface area contributed by atoms with Gasteiger partial charge in [0.15, 0.2) is 11.4 Å². The normalized spacial score (nSPS) is 29.0. The summed E-state index contributed by atoms with van der Waals surface area (Å²) in [4.78, 5) is 43.1. The SMILES string of the molecule is CN(C)[C@H]1C(=O)C(C(N)=O)=C(O)[C@]2(O)C(=O)C3=C(O)c4c(ccc(NC5CCN(Cc6ccccc6)CC5)c4O)[CH][C@@H]3[C@@H](O)[C@H]12. The van der Waals surface area contributed by atoms with Gasteiger partial charge in [0.1, 0.15) is 22.8 Å². The van der Waals surface area contributed by atoms with Crippen molar-refractivity contribution in [2.75, 3.05) is 32.5 Å². The number of anilines is 1. The molecule has 0 bridgehead atoms. The number of phenolic OH excluding ortho intramolecular Hbond substituents is 1. The first kappa shape index (κ1) is 30.8. The molecule has 0 spiro atoms. The fourth-order valence-electron chi connectivity index (χ4n) is 7.43. The average Bonchev–Trinajstić information content (AvgIpc) is 3.00. The largest absolute Gasteiger partial charge is 0.508 e. The molecule has 45 heavy (non-hydrogen) atoms. The number of hydrogen-bond donors (Lipinski definition) is 7. The summed E-state index contributed by atoms with van der Waals surface area (Å²) in [6.07, 6.45) is 1.44. The number of carbonyl (C=O) groups is 3. The number of carbonyl (C=O) groups excluding carboxylic acids is 3. The molecule has 1 heterocycles. The summed E-state index contributed by atoms with van der Waals surface area (Å²) in [7, 11) is 2.92. The van der Waals surface area contributed by atoms with E-state index in [1.165, 1.54) is 31.0 Å². The van der Waals surface area contributed by atoms with Gasteiger partial charge in [0.25, 0.3) is 5.91 Å². The number of nitrogens with two attached hydrogens (primary N) is 1. The van der Waals surface area contributed by atoms with Crippen LogP contribution < -0.4 is 11.1 Å². The molecule has 237 valence electrons. The van der Waals surface area contributed by atoms with Crippen LogP contribution in [0.5, 0.6) is 5.75 Å². The standard InChI is InChI=1S/C33H37N4O8/c1-36(2)25-24-26(38)19-14-17-8-9-20(35-18-10-12-37(13-11-18)15-16-6-4-3-5-7-16)27(39)21(17)28(40)22(19)30(42)33(24,45)31(43)23(29(25)41)32(34)44/h3-9,14,18-19,24-26,35,38-40,43,45H,10-13,15H2,1-2H3,(H2,34,44)/t19-,24-,25+,26+,33+/m0/s1. The van der Waals surface area contributed by atoms with Crippen LogP contribution in [0.2, 0.25) is 0 Å². The number of nitrogens with one attached hydrogen (secondary N) is 1. The van der Waals surface area contributed by atoms with Crippen LogP contribution in [0.15, 0.2) is 59.4 Å². The molecule has 0 unspecified atom stereocenters. The summed E-state index contributed by atoms with van der Waals surface area (Å²) in [6, 6.07) is 12.1. The maximum Gasteiger partial charge on any atom is 0.255 e. The number of Topliss-reactive ketones (excluding diaryl/α,β-unsaturated/α-hetero) is 2. The molecular weight excluding hydrogens is 580 g/mol. The zero-order chi connectivity index (χ0) is 32.4. The zero-order valence-electron chi connectivity index (χ0n) is 25.0. The van der Waals surface area contributed by atoms with Gasteiger partial charge in [-0.05, 0) is 44.1 Å². The van der Waals surface area contributed by atoms with Gasteiger partial charge in [-0.2, -0.15) is 0 Å². The van der Waals surface area contributed by atoms with Gasteiger partial charge >= 0.3 is 0 Å². The third kappa shape index (κ3) is 4.80. The van der Waals surface area contributed by atoms with E-state index in [9.17, 15) is 39.9 Å². The molecule has 1 saturated carbocycles. The average molecular weight is 618 g/mol. The lowest BCUT2D eigenvalue weighted by molar-refractivity contribution is -0.167. The van der Waals surface area contributed by atoms with Crippen molar-refractivity contribution in [1.29, 1.82) is 0 Å². The zero-order valence-corrected chi connectivity index (χ0v) is 25.0. The van der Waals surface area contributed by atoms with Crippen LogP contribution in [-0.2, 0) is 20.9 Å². The van der Waals surface area contributed by atoms with Crippen molar-refractivity contribution in [1.82, 2.24) is 9.80 Å². The Labute approximate surface area is 260 Å². The first-order valence-electron chi connectivity index (χ1n) is 14.9. The molecule has 12 nitrogen and oxygen atoms in total. The lowest BCUT2D eigenvalue weighted by atomic mass is 9.56. The molecule has 2 aromatic rings. The van der Waals surface area contributed by atoms with E-state index in [2.05, 4.69) is 22.3 Å². The van der Waals surface area contributed by atoms with Crippen molar-refractivity contribution in [2.24, 2.45) is 17.6 Å². The molecule has 1 amide bonds. The van der Waals surface area contributed by atoms with Gasteiger partial charge < -0.3 is 36.6 Å². The summed E-state index contributed by atoms with van der Waals surface area (Å²) in [5, 5.41) is 60.5. The van der Waals surface area contributed by atoms with E-state index >= 15 is 0 Å². The quantitative estimate of drug-likeness (QED) is 0.181. The van der Waals surface area contributed by atoms with E-state index < -0.39 is 69.7 Å². The van der Waals surface area contributed by atoms with Crippen molar-refractivity contribution in [2.45, 2.75) is 43.2 Å². The highest BCUT2D eigenvalue weighted by molar-refractivity contribution is 6.24. The minimum absolute atomic E-state index is 0.0349. The number of fused-ring (bicyclic) bond motifs is 3. The molecule has 1 aliphatic heterocycles. The Morgan fingerprint density at radius 3 is 2.36 bits per heavy atom. The number of hydrogen-bond acceptors (Lipinski definition) is 11. The second-order valence-corrected chi connectivity index (χ2v) is 12.5. The molecular formula is C33H37N4O8. The van der Waals surface area contributed by atoms with Crippen molar-refractivity contribution in [3.63, 3.8) is 0 Å². The third-order valence-electron chi connectivity index (χ3n) is 9.66. The minimum atomic E-state index is -2.95. The van der Waals surface area contributed by atoms with Crippen LogP contribution in [0, 0.1) is 18.3 Å². The fourth-order valence-corrected chi connectivity index (χ4v) is 7.43. The predicted molar refractivity (Wildman–Crippen MR) is 164 cm³/mol. The molecule has 2 fully saturated rings. The number of piperidine rings is 1. The molecule has 0 aromatic heterocycles. The Morgan fingerprint density at radius 2 is 1.73 bits per heavy atom. The molecule has 1 radical (unpaired) electrons.